The zero-order valence-electron chi connectivity index (χ0n) is 11.1. The summed E-state index contributed by atoms with van der Waals surface area (Å²) in [7, 11) is -3.25. The molecular weight excluding hydrogens is 272 g/mol. The number of hydrogen-bond donors (Lipinski definition) is 1. The number of sulfone groups is 1. The Morgan fingerprint density at radius 2 is 2.11 bits per heavy atom. The highest BCUT2D eigenvalue weighted by atomic mass is 32.2. The maximum Gasteiger partial charge on any atom is 0.240 e. The predicted molar refractivity (Wildman–Crippen MR) is 75.1 cm³/mol. The van der Waals surface area contributed by atoms with Crippen molar-refractivity contribution >= 4 is 27.5 Å². The van der Waals surface area contributed by atoms with Gasteiger partial charge in [-0.15, -0.1) is 0 Å². The van der Waals surface area contributed by atoms with Gasteiger partial charge in [-0.1, -0.05) is 13.8 Å². The van der Waals surface area contributed by atoms with Crippen LogP contribution in [0.2, 0.25) is 0 Å². The molecule has 1 heterocycles. The fourth-order valence-corrected chi connectivity index (χ4v) is 4.83. The molecule has 0 spiro atoms. The number of thioether (sulfide) groups is 1. The minimum absolute atomic E-state index is 0.237. The Morgan fingerprint density at radius 1 is 1.50 bits per heavy atom. The summed E-state index contributed by atoms with van der Waals surface area (Å²) in [6.07, 6.45) is 1.76. The lowest BCUT2D eigenvalue weighted by Gasteiger charge is -2.35. The van der Waals surface area contributed by atoms with Crippen molar-refractivity contribution in [3.63, 3.8) is 0 Å². The second-order valence-electron chi connectivity index (χ2n) is 5.13. The summed E-state index contributed by atoms with van der Waals surface area (Å²) in [6, 6.07) is -0.600. The second-order valence-corrected chi connectivity index (χ2v) is 8.48. The van der Waals surface area contributed by atoms with Crippen LogP contribution in [0.1, 0.15) is 20.3 Å². The molecule has 1 aliphatic heterocycles. The lowest BCUT2D eigenvalue weighted by molar-refractivity contribution is -0.133. The predicted octanol–water partition coefficient (Wildman–Crippen LogP) is 0.306. The molecule has 1 amide bonds. The highest BCUT2D eigenvalue weighted by Crippen LogP contribution is 2.21. The third-order valence-corrected chi connectivity index (χ3v) is 5.55. The maximum absolute atomic E-state index is 12.2. The van der Waals surface area contributed by atoms with E-state index < -0.39 is 21.3 Å². The molecule has 1 aliphatic rings. The van der Waals surface area contributed by atoms with E-state index in [9.17, 15) is 13.2 Å². The highest BCUT2D eigenvalue weighted by Gasteiger charge is 2.36. The van der Waals surface area contributed by atoms with Gasteiger partial charge < -0.3 is 10.6 Å². The summed E-state index contributed by atoms with van der Waals surface area (Å²) in [4.78, 5) is 13.7. The first-order valence-electron chi connectivity index (χ1n) is 6.06. The zero-order valence-corrected chi connectivity index (χ0v) is 12.8. The van der Waals surface area contributed by atoms with Crippen LogP contribution in [0.3, 0.4) is 0 Å². The fraction of sp³-hybridized carbons (Fsp3) is 0.909. The van der Waals surface area contributed by atoms with Gasteiger partial charge in [-0.3, -0.25) is 4.79 Å². The maximum atomic E-state index is 12.2. The van der Waals surface area contributed by atoms with Gasteiger partial charge >= 0.3 is 0 Å². The van der Waals surface area contributed by atoms with Crippen LogP contribution in [0, 0.1) is 5.92 Å². The Kier molecular flexibility index (Phi) is 5.48. The molecule has 0 saturated carbocycles. The van der Waals surface area contributed by atoms with E-state index >= 15 is 0 Å². The van der Waals surface area contributed by atoms with Crippen LogP contribution in [-0.4, -0.2) is 54.9 Å². The van der Waals surface area contributed by atoms with Crippen molar-refractivity contribution in [2.24, 2.45) is 11.7 Å². The average Bonchev–Trinajstić information content (AvgIpc) is 2.26. The normalized spacial score (nSPS) is 23.2. The van der Waals surface area contributed by atoms with E-state index in [2.05, 4.69) is 0 Å². The number of amides is 1. The van der Waals surface area contributed by atoms with Crippen LogP contribution >= 0.6 is 11.8 Å². The van der Waals surface area contributed by atoms with E-state index in [1.807, 2.05) is 13.8 Å². The molecule has 1 rings (SSSR count). The monoisotopic (exact) mass is 294 g/mol. The Balaban J connectivity index is 2.81. The van der Waals surface area contributed by atoms with Gasteiger partial charge in [-0.25, -0.2) is 8.42 Å². The molecule has 7 heteroatoms. The van der Waals surface area contributed by atoms with E-state index in [0.29, 0.717) is 24.6 Å². The van der Waals surface area contributed by atoms with E-state index in [4.69, 9.17) is 5.73 Å². The minimum Gasteiger partial charge on any atom is -0.323 e. The molecule has 0 radical (unpaired) electrons. The average molecular weight is 294 g/mol. The van der Waals surface area contributed by atoms with Gasteiger partial charge in [0.1, 0.15) is 5.37 Å². The highest BCUT2D eigenvalue weighted by molar-refractivity contribution is 8.00. The second kappa shape index (κ2) is 6.25. The van der Waals surface area contributed by atoms with Crippen molar-refractivity contribution in [2.75, 3.05) is 24.3 Å². The number of carbonyl (C=O) groups excluding carboxylic acids is 1. The van der Waals surface area contributed by atoms with Crippen LogP contribution in [0.4, 0.5) is 0 Å². The van der Waals surface area contributed by atoms with Crippen molar-refractivity contribution in [3.05, 3.63) is 0 Å². The topological polar surface area (TPSA) is 80.5 Å². The molecule has 5 nitrogen and oxygen atoms in total. The van der Waals surface area contributed by atoms with Gasteiger partial charge in [0.15, 0.2) is 9.84 Å². The Labute approximate surface area is 113 Å². The summed E-state index contributed by atoms with van der Waals surface area (Å²) >= 11 is 1.56. The molecule has 2 atom stereocenters. The van der Waals surface area contributed by atoms with Crippen LogP contribution in [0.15, 0.2) is 0 Å². The zero-order chi connectivity index (χ0) is 13.9. The van der Waals surface area contributed by atoms with Crippen LogP contribution in [-0.2, 0) is 14.6 Å². The third-order valence-electron chi connectivity index (χ3n) is 2.90. The van der Waals surface area contributed by atoms with E-state index in [1.54, 1.807) is 11.8 Å². The van der Waals surface area contributed by atoms with Crippen LogP contribution < -0.4 is 5.73 Å². The van der Waals surface area contributed by atoms with Crippen molar-refractivity contribution in [1.82, 2.24) is 4.90 Å². The number of rotatable bonds is 4. The van der Waals surface area contributed by atoms with Crippen molar-refractivity contribution in [3.8, 4) is 0 Å². The minimum atomic E-state index is -3.25. The van der Waals surface area contributed by atoms with Crippen molar-refractivity contribution in [1.29, 1.82) is 0 Å². The summed E-state index contributed by atoms with van der Waals surface area (Å²) in [5.41, 5.74) is 5.86. The number of carbonyl (C=O) groups is 1. The molecule has 2 N–H and O–H groups in total. The quantitative estimate of drug-likeness (QED) is 0.807. The standard InChI is InChI=1S/C11H22N2O3S2/c1-8(2)6-9(12)11(14)13-4-5-17-7-10(13)18(3,15)16/h8-10H,4-7,12H2,1-3H3/t9-,10?/m0/s1. The molecule has 106 valence electrons. The van der Waals surface area contributed by atoms with Gasteiger partial charge in [0, 0.05) is 24.3 Å². The van der Waals surface area contributed by atoms with Crippen molar-refractivity contribution in [2.45, 2.75) is 31.7 Å². The number of nitrogens with two attached hydrogens (primary N) is 1. The summed E-state index contributed by atoms with van der Waals surface area (Å²) in [6.45, 7) is 4.45. The van der Waals surface area contributed by atoms with Gasteiger partial charge in [0.05, 0.1) is 6.04 Å². The van der Waals surface area contributed by atoms with Gasteiger partial charge in [0.25, 0.3) is 0 Å². The SMILES string of the molecule is CC(C)C[C@H](N)C(=O)N1CCSCC1S(C)(=O)=O. The molecular formula is C11H22N2O3S2. The molecule has 1 saturated heterocycles. The Morgan fingerprint density at radius 3 is 2.61 bits per heavy atom. The number of nitrogens with zero attached hydrogens (tertiary/aromatic N) is 1. The molecule has 18 heavy (non-hydrogen) atoms. The third kappa shape index (κ3) is 4.13. The molecule has 0 aliphatic carbocycles. The van der Waals surface area contributed by atoms with Crippen molar-refractivity contribution < 1.29 is 13.2 Å². The van der Waals surface area contributed by atoms with Gasteiger partial charge in [-0.2, -0.15) is 11.8 Å². The summed E-state index contributed by atoms with van der Waals surface area (Å²) in [5.74, 6) is 1.30. The first kappa shape index (κ1) is 15.8. The first-order chi connectivity index (χ1) is 8.23. The number of hydrogen-bond acceptors (Lipinski definition) is 5. The lowest BCUT2D eigenvalue weighted by Crippen LogP contribution is -2.55. The van der Waals surface area contributed by atoms with Gasteiger partial charge in [-0.05, 0) is 12.3 Å². The van der Waals surface area contributed by atoms with Gasteiger partial charge in [0.2, 0.25) is 5.91 Å². The first-order valence-corrected chi connectivity index (χ1v) is 9.17. The van der Waals surface area contributed by atoms with Crippen LogP contribution in [0.25, 0.3) is 0 Å². The van der Waals surface area contributed by atoms with Crippen LogP contribution in [0.5, 0.6) is 0 Å². The van der Waals surface area contributed by atoms with E-state index in [0.717, 1.165) is 5.75 Å². The lowest BCUT2D eigenvalue weighted by atomic mass is 10.0. The molecule has 1 fully saturated rings. The molecule has 1 unspecified atom stereocenters. The largest absolute Gasteiger partial charge is 0.323 e. The Hall–Kier alpha value is -0.270. The Bertz CT molecular complexity index is 395. The smallest absolute Gasteiger partial charge is 0.240 e. The molecule has 0 aromatic rings. The molecule has 0 aromatic heterocycles. The summed E-state index contributed by atoms with van der Waals surface area (Å²) < 4.78 is 23.4. The van der Waals surface area contributed by atoms with E-state index in [1.165, 1.54) is 11.2 Å². The molecule has 0 bridgehead atoms. The summed E-state index contributed by atoms with van der Waals surface area (Å²) in [5, 5.41) is -0.720. The molecule has 0 aromatic carbocycles. The van der Waals surface area contributed by atoms with E-state index in [-0.39, 0.29) is 5.91 Å². The fourth-order valence-electron chi connectivity index (χ4n) is 2.01.